The van der Waals surface area contributed by atoms with Crippen LogP contribution in [0.2, 0.25) is 0 Å². The number of fused-ring (bicyclic) bond motifs is 6. The summed E-state index contributed by atoms with van der Waals surface area (Å²) in [6.07, 6.45) is 0.644. The Labute approximate surface area is 191 Å². The number of nitrogens with zero attached hydrogens (tertiary/aromatic N) is 1. The lowest BCUT2D eigenvalue weighted by Gasteiger charge is -2.42. The number of rotatable bonds is 1. The topological polar surface area (TPSA) is 37.4 Å². The molecule has 0 aromatic heterocycles. The van der Waals surface area contributed by atoms with Crippen LogP contribution < -0.4 is 4.90 Å². The van der Waals surface area contributed by atoms with Gasteiger partial charge in [-0.1, -0.05) is 64.6 Å². The Kier molecular flexibility index (Phi) is 4.21. The van der Waals surface area contributed by atoms with E-state index in [9.17, 15) is 9.59 Å². The van der Waals surface area contributed by atoms with Crippen LogP contribution in [0.4, 0.5) is 5.69 Å². The predicted octanol–water partition coefficient (Wildman–Crippen LogP) is 5.66. The molecule has 3 nitrogen and oxygen atoms in total. The number of hydrogen-bond donors (Lipinski definition) is 0. The lowest BCUT2D eigenvalue weighted by molar-refractivity contribution is -0.122. The molecule has 0 spiro atoms. The minimum absolute atomic E-state index is 0.132. The Morgan fingerprint density at radius 1 is 0.786 bits per heavy atom. The zero-order valence-electron chi connectivity index (χ0n) is 14.1. The second-order valence-electron chi connectivity index (χ2n) is 7.87. The molecule has 5 rings (SSSR count). The molecule has 3 aliphatic carbocycles. The predicted molar refractivity (Wildman–Crippen MR) is 112 cm³/mol. The van der Waals surface area contributed by atoms with Gasteiger partial charge >= 0.3 is 0 Å². The standard InChI is InChI=1S/C19H13Cl6NO2/c20-13-14(21)18(23)12-7-10-9(6-11(12)17(13,22)19(18,24)25)15(27)26(16(10)28)8-4-2-1-3-5-8/h1-5,9-12H,6-7H2/t9-,10+,11-,12+,17-,18-/m1/s1. The maximum absolute atomic E-state index is 13.1. The molecule has 0 unspecified atom stereocenters. The van der Waals surface area contributed by atoms with Gasteiger partial charge in [-0.2, -0.15) is 0 Å². The van der Waals surface area contributed by atoms with E-state index in [-0.39, 0.29) is 33.7 Å². The molecule has 9 heteroatoms. The van der Waals surface area contributed by atoms with E-state index < -0.39 is 25.9 Å². The van der Waals surface area contributed by atoms with Gasteiger partial charge < -0.3 is 0 Å². The largest absolute Gasteiger partial charge is 0.274 e. The number of hydrogen-bond acceptors (Lipinski definition) is 2. The Morgan fingerprint density at radius 2 is 1.21 bits per heavy atom. The van der Waals surface area contributed by atoms with Crippen LogP contribution in [0.15, 0.2) is 40.4 Å². The van der Waals surface area contributed by atoms with Crippen LogP contribution in [0.5, 0.6) is 0 Å². The summed E-state index contributed by atoms with van der Waals surface area (Å²) in [4.78, 5) is 24.7. The Morgan fingerprint density at radius 3 is 1.64 bits per heavy atom. The van der Waals surface area contributed by atoms with Crippen molar-refractivity contribution in [2.45, 2.75) is 26.9 Å². The Hall–Kier alpha value is -0.160. The highest BCUT2D eigenvalue weighted by Crippen LogP contribution is 2.79. The van der Waals surface area contributed by atoms with Gasteiger partial charge in [0.05, 0.1) is 27.6 Å². The number of carbonyl (C=O) groups is 2. The van der Waals surface area contributed by atoms with Gasteiger partial charge in [0.1, 0.15) is 9.75 Å². The number of imide groups is 1. The third kappa shape index (κ3) is 1.98. The number of benzene rings is 1. The van der Waals surface area contributed by atoms with Crippen molar-refractivity contribution in [2.75, 3.05) is 4.90 Å². The van der Waals surface area contributed by atoms with E-state index in [1.54, 1.807) is 24.3 Å². The van der Waals surface area contributed by atoms with E-state index in [0.717, 1.165) is 0 Å². The first-order valence-electron chi connectivity index (χ1n) is 8.83. The van der Waals surface area contributed by atoms with E-state index in [1.807, 2.05) is 6.07 Å². The van der Waals surface area contributed by atoms with Gasteiger partial charge in [-0.25, -0.2) is 0 Å². The zero-order chi connectivity index (χ0) is 20.2. The second-order valence-corrected chi connectivity index (χ2v) is 11.1. The molecule has 1 aliphatic heterocycles. The summed E-state index contributed by atoms with van der Waals surface area (Å²) in [6.45, 7) is 0. The number of para-hydroxylation sites is 1. The molecule has 0 radical (unpaired) electrons. The van der Waals surface area contributed by atoms with Crippen molar-refractivity contribution in [3.8, 4) is 0 Å². The molecule has 1 aromatic carbocycles. The fourth-order valence-electron chi connectivity index (χ4n) is 5.55. The third-order valence-corrected chi connectivity index (χ3v) is 11.2. The van der Waals surface area contributed by atoms with Crippen LogP contribution in [0.1, 0.15) is 12.8 Å². The van der Waals surface area contributed by atoms with E-state index in [0.29, 0.717) is 18.5 Å². The lowest BCUT2D eigenvalue weighted by Crippen LogP contribution is -2.44. The van der Waals surface area contributed by atoms with Crippen molar-refractivity contribution < 1.29 is 9.59 Å². The summed E-state index contributed by atoms with van der Waals surface area (Å²) in [7, 11) is 0. The molecule has 3 fully saturated rings. The first kappa shape index (κ1) is 19.8. The van der Waals surface area contributed by atoms with Crippen LogP contribution in [-0.2, 0) is 9.59 Å². The van der Waals surface area contributed by atoms with Crippen molar-refractivity contribution in [1.82, 2.24) is 0 Å². The quantitative estimate of drug-likeness (QED) is 0.369. The number of anilines is 1. The summed E-state index contributed by atoms with van der Waals surface area (Å²) in [5, 5.41) is 0.263. The fourth-order valence-corrected chi connectivity index (χ4v) is 8.66. The summed E-state index contributed by atoms with van der Waals surface area (Å²) >= 11 is 39.9. The first-order valence-corrected chi connectivity index (χ1v) is 11.1. The fraction of sp³-hybridized carbons (Fsp3) is 0.474. The minimum atomic E-state index is -1.64. The van der Waals surface area contributed by atoms with Crippen LogP contribution in [-0.4, -0.2) is 25.9 Å². The molecule has 148 valence electrons. The molecular weight excluding hydrogens is 487 g/mol. The van der Waals surface area contributed by atoms with E-state index in [4.69, 9.17) is 69.6 Å². The monoisotopic (exact) mass is 497 g/mol. The van der Waals surface area contributed by atoms with E-state index >= 15 is 0 Å². The first-order chi connectivity index (χ1) is 13.1. The van der Waals surface area contributed by atoms with Crippen molar-refractivity contribution in [1.29, 1.82) is 0 Å². The molecule has 1 saturated heterocycles. The van der Waals surface area contributed by atoms with Crippen molar-refractivity contribution in [3.05, 3.63) is 40.4 Å². The van der Waals surface area contributed by atoms with Crippen molar-refractivity contribution >= 4 is 87.1 Å². The van der Waals surface area contributed by atoms with E-state index in [2.05, 4.69) is 0 Å². The van der Waals surface area contributed by atoms with E-state index in [1.165, 1.54) is 4.90 Å². The maximum Gasteiger partial charge on any atom is 0.237 e. The molecule has 4 aliphatic rings. The van der Waals surface area contributed by atoms with Crippen molar-refractivity contribution in [3.63, 3.8) is 0 Å². The van der Waals surface area contributed by atoms with Gasteiger partial charge in [0.2, 0.25) is 11.8 Å². The number of halogens is 6. The highest BCUT2D eigenvalue weighted by molar-refractivity contribution is 6.65. The summed E-state index contributed by atoms with van der Waals surface area (Å²) in [5.41, 5.74) is 0.555. The molecule has 6 atom stereocenters. The number of alkyl halides is 4. The zero-order valence-corrected chi connectivity index (χ0v) is 18.7. The molecular formula is C19H13Cl6NO2. The molecule has 1 heterocycles. The SMILES string of the molecule is O=C1[C@H]2C[C@H]3[C@@H](C[C@H]2C(=O)N1c1ccccc1)[C@@]1(Cl)C(Cl)=C(Cl)[C@@]3(Cl)C1(Cl)Cl. The second kappa shape index (κ2) is 5.96. The summed E-state index contributed by atoms with van der Waals surface area (Å²) in [5.74, 6) is -2.26. The molecule has 1 aromatic rings. The van der Waals surface area contributed by atoms with Gasteiger partial charge in [-0.15, -0.1) is 23.2 Å². The normalized spacial score (nSPS) is 43.6. The van der Waals surface area contributed by atoms with Crippen LogP contribution >= 0.6 is 69.6 Å². The lowest BCUT2D eigenvalue weighted by atomic mass is 9.65. The minimum Gasteiger partial charge on any atom is -0.274 e. The van der Waals surface area contributed by atoms with Gasteiger partial charge in [0.15, 0.2) is 4.33 Å². The molecule has 0 N–H and O–H groups in total. The summed E-state index contributed by atoms with van der Waals surface area (Å²) < 4.78 is -1.64. The highest BCUT2D eigenvalue weighted by atomic mass is 35.5. The average Bonchev–Trinajstić information content (AvgIpc) is 3.04. The van der Waals surface area contributed by atoms with Gasteiger partial charge in [-0.3, -0.25) is 14.5 Å². The van der Waals surface area contributed by atoms with Crippen molar-refractivity contribution in [2.24, 2.45) is 23.7 Å². The smallest absolute Gasteiger partial charge is 0.237 e. The molecule has 28 heavy (non-hydrogen) atoms. The average molecular weight is 500 g/mol. The third-order valence-electron chi connectivity index (χ3n) is 6.84. The molecule has 2 saturated carbocycles. The van der Waals surface area contributed by atoms with Gasteiger partial charge in [-0.05, 0) is 36.8 Å². The number of carbonyl (C=O) groups excluding carboxylic acids is 2. The Balaban J connectivity index is 1.58. The van der Waals surface area contributed by atoms with Crippen LogP contribution in [0.25, 0.3) is 0 Å². The number of amides is 2. The van der Waals surface area contributed by atoms with Crippen LogP contribution in [0, 0.1) is 23.7 Å². The van der Waals surface area contributed by atoms with Gasteiger partial charge in [0, 0.05) is 0 Å². The van der Waals surface area contributed by atoms with Crippen LogP contribution in [0.3, 0.4) is 0 Å². The van der Waals surface area contributed by atoms with Gasteiger partial charge in [0.25, 0.3) is 0 Å². The Bertz CT molecular complexity index is 895. The molecule has 2 bridgehead atoms. The highest BCUT2D eigenvalue weighted by Gasteiger charge is 2.83. The number of allylic oxidation sites excluding steroid dienone is 2. The molecule has 2 amide bonds. The summed E-state index contributed by atoms with van der Waals surface area (Å²) in [6, 6.07) is 8.87. The maximum atomic E-state index is 13.1.